The SMILES string of the molecule is O=C(CC1NC(=O)N(CCc2ccccc2)C1=O)Nc1nc2c(s1)CCCCC2. The molecule has 1 unspecified atom stereocenters. The number of hydrogen-bond donors (Lipinski definition) is 2. The molecule has 7 nitrogen and oxygen atoms in total. The Morgan fingerprint density at radius 2 is 1.97 bits per heavy atom. The van der Waals surface area contributed by atoms with Crippen LogP contribution >= 0.6 is 11.3 Å². The summed E-state index contributed by atoms with van der Waals surface area (Å²) in [6.07, 6.45) is 5.97. The normalized spacial score (nSPS) is 18.9. The molecule has 2 heterocycles. The molecule has 1 saturated heterocycles. The number of aromatic nitrogens is 1. The maximum absolute atomic E-state index is 12.6. The van der Waals surface area contributed by atoms with Gasteiger partial charge in [-0.3, -0.25) is 14.5 Å². The van der Waals surface area contributed by atoms with E-state index in [-0.39, 0.29) is 18.2 Å². The molecule has 2 aromatic rings. The Kier molecular flexibility index (Phi) is 5.89. The van der Waals surface area contributed by atoms with Crippen LogP contribution in [-0.4, -0.2) is 40.3 Å². The third-order valence-electron chi connectivity index (χ3n) is 5.31. The summed E-state index contributed by atoms with van der Waals surface area (Å²) in [7, 11) is 0. The number of nitrogens with one attached hydrogen (secondary N) is 2. The van der Waals surface area contributed by atoms with Crippen molar-refractivity contribution in [3.8, 4) is 0 Å². The van der Waals surface area contributed by atoms with Gasteiger partial charge in [0.15, 0.2) is 5.13 Å². The first-order valence-electron chi connectivity index (χ1n) is 10.0. The van der Waals surface area contributed by atoms with Crippen LogP contribution in [0.2, 0.25) is 0 Å². The van der Waals surface area contributed by atoms with Gasteiger partial charge in [-0.1, -0.05) is 36.8 Å². The largest absolute Gasteiger partial charge is 0.325 e. The fourth-order valence-electron chi connectivity index (χ4n) is 3.75. The molecule has 4 rings (SSSR count). The van der Waals surface area contributed by atoms with Crippen molar-refractivity contribution < 1.29 is 14.4 Å². The smallest absolute Gasteiger partial charge is 0.324 e. The van der Waals surface area contributed by atoms with Crippen molar-refractivity contribution in [1.29, 1.82) is 0 Å². The number of fused-ring (bicyclic) bond motifs is 1. The third kappa shape index (κ3) is 4.64. The summed E-state index contributed by atoms with van der Waals surface area (Å²) in [5.74, 6) is -0.659. The summed E-state index contributed by atoms with van der Waals surface area (Å²) < 4.78 is 0. The van der Waals surface area contributed by atoms with Crippen LogP contribution in [0.25, 0.3) is 0 Å². The summed E-state index contributed by atoms with van der Waals surface area (Å²) in [6.45, 7) is 0.298. The molecule has 29 heavy (non-hydrogen) atoms. The van der Waals surface area contributed by atoms with Crippen LogP contribution in [0.1, 0.15) is 41.8 Å². The predicted molar refractivity (Wildman–Crippen MR) is 111 cm³/mol. The lowest BCUT2D eigenvalue weighted by molar-refractivity contribution is -0.129. The van der Waals surface area contributed by atoms with Gasteiger partial charge in [-0.05, 0) is 37.7 Å². The number of imide groups is 1. The highest BCUT2D eigenvalue weighted by atomic mass is 32.1. The average Bonchev–Trinajstić information content (AvgIpc) is 3.11. The van der Waals surface area contributed by atoms with Crippen molar-refractivity contribution in [2.24, 2.45) is 0 Å². The predicted octanol–water partition coefficient (Wildman–Crippen LogP) is 2.90. The van der Waals surface area contributed by atoms with Gasteiger partial charge < -0.3 is 10.6 Å². The monoisotopic (exact) mass is 412 g/mol. The van der Waals surface area contributed by atoms with Crippen LogP contribution in [0.4, 0.5) is 9.93 Å². The lowest BCUT2D eigenvalue weighted by Gasteiger charge is -2.12. The van der Waals surface area contributed by atoms with Gasteiger partial charge in [0.1, 0.15) is 6.04 Å². The first-order chi connectivity index (χ1) is 14.1. The Hall–Kier alpha value is -2.74. The van der Waals surface area contributed by atoms with Gasteiger partial charge in [0, 0.05) is 11.4 Å². The Balaban J connectivity index is 1.31. The number of carbonyl (C=O) groups excluding carboxylic acids is 3. The number of rotatable bonds is 6. The van der Waals surface area contributed by atoms with Crippen molar-refractivity contribution in [2.75, 3.05) is 11.9 Å². The Morgan fingerprint density at radius 3 is 2.79 bits per heavy atom. The first-order valence-corrected chi connectivity index (χ1v) is 10.9. The summed E-state index contributed by atoms with van der Waals surface area (Å²) in [4.78, 5) is 44.1. The molecule has 0 saturated carbocycles. The van der Waals surface area contributed by atoms with Crippen LogP contribution in [0.3, 0.4) is 0 Å². The molecule has 1 fully saturated rings. The number of nitrogens with zero attached hydrogens (tertiary/aromatic N) is 2. The topological polar surface area (TPSA) is 91.4 Å². The summed E-state index contributed by atoms with van der Waals surface area (Å²) in [6, 6.07) is 8.42. The second-order valence-electron chi connectivity index (χ2n) is 7.43. The fourth-order valence-corrected chi connectivity index (χ4v) is 4.82. The van der Waals surface area contributed by atoms with Crippen LogP contribution in [0.15, 0.2) is 30.3 Å². The Labute approximate surface area is 173 Å². The second kappa shape index (κ2) is 8.73. The van der Waals surface area contributed by atoms with Gasteiger partial charge in [0.25, 0.3) is 5.91 Å². The van der Waals surface area contributed by atoms with E-state index in [0.717, 1.165) is 36.9 Å². The van der Waals surface area contributed by atoms with Crippen molar-refractivity contribution >= 4 is 34.3 Å². The maximum atomic E-state index is 12.6. The zero-order valence-electron chi connectivity index (χ0n) is 16.1. The first kappa shape index (κ1) is 19.6. The minimum Gasteiger partial charge on any atom is -0.325 e. The number of anilines is 1. The maximum Gasteiger partial charge on any atom is 0.324 e. The fraction of sp³-hybridized carbons (Fsp3) is 0.429. The van der Waals surface area contributed by atoms with E-state index in [1.807, 2.05) is 30.3 Å². The number of carbonyl (C=O) groups is 3. The molecular formula is C21H24N4O3S. The molecule has 1 aromatic heterocycles. The molecule has 1 aliphatic heterocycles. The summed E-state index contributed by atoms with van der Waals surface area (Å²) >= 11 is 1.52. The van der Waals surface area contributed by atoms with Gasteiger partial charge in [-0.25, -0.2) is 9.78 Å². The number of aryl methyl sites for hydroxylation is 2. The van der Waals surface area contributed by atoms with E-state index < -0.39 is 12.1 Å². The van der Waals surface area contributed by atoms with Crippen LogP contribution in [-0.2, 0) is 28.9 Å². The molecular weight excluding hydrogens is 388 g/mol. The van der Waals surface area contributed by atoms with E-state index in [2.05, 4.69) is 15.6 Å². The van der Waals surface area contributed by atoms with Crippen molar-refractivity contribution in [3.05, 3.63) is 46.5 Å². The van der Waals surface area contributed by atoms with Crippen molar-refractivity contribution in [2.45, 2.75) is 51.0 Å². The number of urea groups is 1. The van der Waals surface area contributed by atoms with Crippen LogP contribution < -0.4 is 10.6 Å². The van der Waals surface area contributed by atoms with Gasteiger partial charge in [-0.15, -0.1) is 11.3 Å². The standard InChI is InChI=1S/C21H24N4O3S/c26-18(24-20-22-15-9-5-2-6-10-17(15)29-20)13-16-19(27)25(21(28)23-16)12-11-14-7-3-1-4-8-14/h1,3-4,7-8,16H,2,5-6,9-13H2,(H,23,28)(H,22,24,26). The van der Waals surface area contributed by atoms with Crippen LogP contribution in [0.5, 0.6) is 0 Å². The number of amides is 4. The van der Waals surface area contributed by atoms with E-state index >= 15 is 0 Å². The molecule has 0 radical (unpaired) electrons. The van der Waals surface area contributed by atoms with Gasteiger partial charge in [0.2, 0.25) is 5.91 Å². The zero-order valence-corrected chi connectivity index (χ0v) is 17.0. The highest BCUT2D eigenvalue weighted by molar-refractivity contribution is 7.15. The van der Waals surface area contributed by atoms with E-state index in [1.54, 1.807) is 0 Å². The van der Waals surface area contributed by atoms with Gasteiger partial charge in [-0.2, -0.15) is 0 Å². The lowest BCUT2D eigenvalue weighted by Crippen LogP contribution is -2.34. The summed E-state index contributed by atoms with van der Waals surface area (Å²) in [5, 5.41) is 6.01. The molecule has 0 spiro atoms. The van der Waals surface area contributed by atoms with E-state index in [0.29, 0.717) is 18.1 Å². The molecule has 2 aliphatic rings. The number of benzene rings is 1. The second-order valence-corrected chi connectivity index (χ2v) is 8.51. The number of hydrogen-bond acceptors (Lipinski definition) is 5. The van der Waals surface area contributed by atoms with Crippen molar-refractivity contribution in [1.82, 2.24) is 15.2 Å². The minimum atomic E-state index is -0.823. The van der Waals surface area contributed by atoms with Crippen LogP contribution in [0, 0.1) is 0 Å². The molecule has 1 aromatic carbocycles. The van der Waals surface area contributed by atoms with Gasteiger partial charge >= 0.3 is 6.03 Å². The third-order valence-corrected chi connectivity index (χ3v) is 6.38. The molecule has 1 atom stereocenters. The molecule has 4 amide bonds. The number of thiazole rings is 1. The highest BCUT2D eigenvalue weighted by Gasteiger charge is 2.38. The quantitative estimate of drug-likeness (QED) is 0.564. The zero-order chi connectivity index (χ0) is 20.2. The average molecular weight is 413 g/mol. The summed E-state index contributed by atoms with van der Waals surface area (Å²) in [5.41, 5.74) is 2.14. The highest BCUT2D eigenvalue weighted by Crippen LogP contribution is 2.29. The van der Waals surface area contributed by atoms with E-state index in [4.69, 9.17) is 0 Å². The molecule has 152 valence electrons. The lowest BCUT2D eigenvalue weighted by atomic mass is 10.1. The molecule has 1 aliphatic carbocycles. The molecule has 8 heteroatoms. The Bertz CT molecular complexity index is 888. The minimum absolute atomic E-state index is 0.0866. The molecule has 2 N–H and O–H groups in total. The van der Waals surface area contributed by atoms with Gasteiger partial charge in [0.05, 0.1) is 12.1 Å². The molecule has 0 bridgehead atoms. The van der Waals surface area contributed by atoms with E-state index in [9.17, 15) is 14.4 Å². The van der Waals surface area contributed by atoms with E-state index in [1.165, 1.54) is 27.5 Å². The Morgan fingerprint density at radius 1 is 1.17 bits per heavy atom. The van der Waals surface area contributed by atoms with Crippen molar-refractivity contribution in [3.63, 3.8) is 0 Å².